The number of aryl methyl sites for hydroxylation is 1. The molecule has 0 radical (unpaired) electrons. The molecule has 4 unspecified atom stereocenters. The topological polar surface area (TPSA) is 32.3 Å². The third-order valence-electron chi connectivity index (χ3n) is 5.28. The molecule has 2 N–H and O–H groups in total. The Bertz CT molecular complexity index is 457. The fraction of sp³-hybridized carbons (Fsp3) is 0.647. The first-order valence-corrected chi connectivity index (χ1v) is 7.65. The van der Waals surface area contributed by atoms with E-state index in [1.807, 2.05) is 6.07 Å². The van der Waals surface area contributed by atoms with Gasteiger partial charge in [-0.3, -0.25) is 0 Å². The Kier molecular flexibility index (Phi) is 3.53. The third-order valence-corrected chi connectivity index (χ3v) is 5.28. The summed E-state index contributed by atoms with van der Waals surface area (Å²) in [6.45, 7) is 5.17. The standard InChI is InChI=1S/C17H25NO/c1-11-3-6-17(19)15(7-11)10-18-12(2)16-9-13-4-5-14(16)8-13/h3,6-7,12-14,16,18-19H,4-5,8-10H2,1-2H3. The molecule has 0 saturated heterocycles. The van der Waals surface area contributed by atoms with Crippen molar-refractivity contribution in [3.63, 3.8) is 0 Å². The molecule has 2 bridgehead atoms. The van der Waals surface area contributed by atoms with Gasteiger partial charge in [0.25, 0.3) is 0 Å². The van der Waals surface area contributed by atoms with Crippen molar-refractivity contribution < 1.29 is 5.11 Å². The molecule has 2 fully saturated rings. The molecule has 1 aromatic carbocycles. The fourth-order valence-corrected chi connectivity index (χ4v) is 4.18. The molecule has 4 atom stereocenters. The predicted octanol–water partition coefficient (Wildman–Crippen LogP) is 3.61. The summed E-state index contributed by atoms with van der Waals surface area (Å²) in [5.41, 5.74) is 2.23. The van der Waals surface area contributed by atoms with Crippen LogP contribution in [-0.4, -0.2) is 11.1 Å². The number of phenols is 1. The number of phenolic OH excluding ortho intramolecular Hbond substituents is 1. The van der Waals surface area contributed by atoms with E-state index in [4.69, 9.17) is 0 Å². The van der Waals surface area contributed by atoms with Crippen LogP contribution in [0.2, 0.25) is 0 Å². The summed E-state index contributed by atoms with van der Waals surface area (Å²) in [5.74, 6) is 3.23. The molecular formula is C17H25NO. The van der Waals surface area contributed by atoms with E-state index in [1.54, 1.807) is 6.07 Å². The number of rotatable bonds is 4. The molecule has 104 valence electrons. The van der Waals surface area contributed by atoms with Gasteiger partial charge in [-0.05, 0) is 56.9 Å². The molecule has 2 aliphatic rings. The van der Waals surface area contributed by atoms with Crippen LogP contribution in [0.15, 0.2) is 18.2 Å². The summed E-state index contributed by atoms with van der Waals surface area (Å²) in [6, 6.07) is 6.40. The maximum atomic E-state index is 9.88. The van der Waals surface area contributed by atoms with Crippen LogP contribution in [0.25, 0.3) is 0 Å². The maximum absolute atomic E-state index is 9.88. The van der Waals surface area contributed by atoms with E-state index in [2.05, 4.69) is 25.2 Å². The number of hydrogen-bond acceptors (Lipinski definition) is 2. The Morgan fingerprint density at radius 1 is 1.32 bits per heavy atom. The largest absolute Gasteiger partial charge is 0.508 e. The van der Waals surface area contributed by atoms with E-state index in [1.165, 1.54) is 31.2 Å². The minimum Gasteiger partial charge on any atom is -0.508 e. The molecule has 2 aliphatic carbocycles. The van der Waals surface area contributed by atoms with Crippen LogP contribution in [0.3, 0.4) is 0 Å². The molecule has 0 aliphatic heterocycles. The van der Waals surface area contributed by atoms with E-state index in [9.17, 15) is 5.11 Å². The van der Waals surface area contributed by atoms with Gasteiger partial charge in [0.05, 0.1) is 0 Å². The summed E-state index contributed by atoms with van der Waals surface area (Å²) >= 11 is 0. The molecule has 3 rings (SSSR count). The Balaban J connectivity index is 1.58. The number of aromatic hydroxyl groups is 1. The van der Waals surface area contributed by atoms with Crippen molar-refractivity contribution in [1.82, 2.24) is 5.32 Å². The predicted molar refractivity (Wildman–Crippen MR) is 78.1 cm³/mol. The Morgan fingerprint density at radius 3 is 2.84 bits per heavy atom. The highest BCUT2D eigenvalue weighted by Gasteiger charge is 2.41. The number of benzene rings is 1. The maximum Gasteiger partial charge on any atom is 0.120 e. The van der Waals surface area contributed by atoms with Gasteiger partial charge in [0, 0.05) is 18.2 Å². The van der Waals surface area contributed by atoms with Crippen molar-refractivity contribution in [2.75, 3.05) is 0 Å². The molecule has 0 aromatic heterocycles. The van der Waals surface area contributed by atoms with Crippen molar-refractivity contribution in [3.8, 4) is 5.75 Å². The molecule has 0 spiro atoms. The second kappa shape index (κ2) is 5.16. The zero-order valence-electron chi connectivity index (χ0n) is 12.0. The highest BCUT2D eigenvalue weighted by Crippen LogP contribution is 2.49. The highest BCUT2D eigenvalue weighted by atomic mass is 16.3. The molecular weight excluding hydrogens is 234 g/mol. The Hall–Kier alpha value is -1.02. The van der Waals surface area contributed by atoms with Crippen molar-refractivity contribution in [2.24, 2.45) is 17.8 Å². The van der Waals surface area contributed by atoms with Gasteiger partial charge in [-0.15, -0.1) is 0 Å². The molecule has 0 amide bonds. The molecule has 19 heavy (non-hydrogen) atoms. The lowest BCUT2D eigenvalue weighted by atomic mass is 9.84. The van der Waals surface area contributed by atoms with E-state index < -0.39 is 0 Å². The average Bonchev–Trinajstić information content (AvgIpc) is 3.02. The van der Waals surface area contributed by atoms with Gasteiger partial charge in [-0.25, -0.2) is 0 Å². The van der Waals surface area contributed by atoms with E-state index in [-0.39, 0.29) is 0 Å². The summed E-state index contributed by atoms with van der Waals surface area (Å²) in [7, 11) is 0. The molecule has 2 nitrogen and oxygen atoms in total. The van der Waals surface area contributed by atoms with Crippen LogP contribution in [0.1, 0.15) is 43.7 Å². The molecule has 1 aromatic rings. The van der Waals surface area contributed by atoms with Crippen molar-refractivity contribution in [1.29, 1.82) is 0 Å². The lowest BCUT2D eigenvalue weighted by Crippen LogP contribution is -2.35. The van der Waals surface area contributed by atoms with Gasteiger partial charge >= 0.3 is 0 Å². The monoisotopic (exact) mass is 259 g/mol. The van der Waals surface area contributed by atoms with Crippen molar-refractivity contribution in [3.05, 3.63) is 29.3 Å². The summed E-state index contributed by atoms with van der Waals surface area (Å²) in [6.07, 6.45) is 5.79. The number of nitrogens with one attached hydrogen (secondary N) is 1. The lowest BCUT2D eigenvalue weighted by Gasteiger charge is -2.28. The fourth-order valence-electron chi connectivity index (χ4n) is 4.18. The van der Waals surface area contributed by atoms with Crippen LogP contribution in [0.4, 0.5) is 0 Å². The van der Waals surface area contributed by atoms with Crippen LogP contribution >= 0.6 is 0 Å². The van der Waals surface area contributed by atoms with Crippen LogP contribution in [-0.2, 0) is 6.54 Å². The first kappa shape index (κ1) is 13.0. The Labute approximate surface area is 116 Å². The van der Waals surface area contributed by atoms with Gasteiger partial charge in [0.2, 0.25) is 0 Å². The van der Waals surface area contributed by atoms with Gasteiger partial charge in [0.15, 0.2) is 0 Å². The lowest BCUT2D eigenvalue weighted by molar-refractivity contribution is 0.259. The first-order valence-electron chi connectivity index (χ1n) is 7.65. The van der Waals surface area contributed by atoms with Gasteiger partial charge in [-0.2, -0.15) is 0 Å². The van der Waals surface area contributed by atoms with Crippen molar-refractivity contribution >= 4 is 0 Å². The Morgan fingerprint density at radius 2 is 2.16 bits per heavy atom. The summed E-state index contributed by atoms with van der Waals surface area (Å²) in [5, 5.41) is 13.5. The number of fused-ring (bicyclic) bond motifs is 2. The first-order chi connectivity index (χ1) is 9.13. The van der Waals surface area contributed by atoms with Crippen LogP contribution in [0, 0.1) is 24.7 Å². The second-order valence-electron chi connectivity index (χ2n) is 6.64. The average molecular weight is 259 g/mol. The summed E-state index contributed by atoms with van der Waals surface area (Å²) in [4.78, 5) is 0. The minimum atomic E-state index is 0.415. The van der Waals surface area contributed by atoms with Gasteiger partial charge in [0.1, 0.15) is 5.75 Å². The number of hydrogen-bond donors (Lipinski definition) is 2. The molecule has 2 heteroatoms. The third kappa shape index (κ3) is 2.64. The molecule has 0 heterocycles. The summed E-state index contributed by atoms with van der Waals surface area (Å²) < 4.78 is 0. The highest BCUT2D eigenvalue weighted by molar-refractivity contribution is 5.35. The van der Waals surface area contributed by atoms with Gasteiger partial charge < -0.3 is 10.4 Å². The quantitative estimate of drug-likeness (QED) is 0.865. The normalized spacial score (nSPS) is 30.7. The second-order valence-corrected chi connectivity index (χ2v) is 6.64. The van der Waals surface area contributed by atoms with Gasteiger partial charge in [-0.1, -0.05) is 24.1 Å². The minimum absolute atomic E-state index is 0.415. The van der Waals surface area contributed by atoms with E-state index in [0.717, 1.165) is 29.9 Å². The van der Waals surface area contributed by atoms with Crippen molar-refractivity contribution in [2.45, 2.75) is 52.1 Å². The molecule has 2 saturated carbocycles. The zero-order chi connectivity index (χ0) is 13.4. The zero-order valence-corrected chi connectivity index (χ0v) is 12.0. The van der Waals surface area contributed by atoms with Crippen LogP contribution in [0.5, 0.6) is 5.75 Å². The van der Waals surface area contributed by atoms with E-state index >= 15 is 0 Å². The smallest absolute Gasteiger partial charge is 0.120 e. The van der Waals surface area contributed by atoms with Crippen LogP contribution < -0.4 is 5.32 Å². The van der Waals surface area contributed by atoms with E-state index in [0.29, 0.717) is 11.8 Å². The SMILES string of the molecule is Cc1ccc(O)c(CNC(C)C2CC3CCC2C3)c1.